The molecule has 0 aliphatic carbocycles. The monoisotopic (exact) mass is 330 g/mol. The van der Waals surface area contributed by atoms with Gasteiger partial charge in [0, 0.05) is 31.7 Å². The maximum atomic E-state index is 13.9. The van der Waals surface area contributed by atoms with Gasteiger partial charge in [0.15, 0.2) is 0 Å². The van der Waals surface area contributed by atoms with Crippen LogP contribution in [0.5, 0.6) is 0 Å². The standard InChI is InChI=1S/C12H14Cl2F2N2.ClH/c13-8-1-2-9(16)11(12(8)14)10(7-15)18-5-3-17-4-6-18;/h1-2,10,17H,3-7H2;1H/t10-;/m0./s1. The van der Waals surface area contributed by atoms with Crippen molar-refractivity contribution in [3.63, 3.8) is 0 Å². The first-order valence-corrected chi connectivity index (χ1v) is 6.55. The molecule has 1 N–H and O–H groups in total. The summed E-state index contributed by atoms with van der Waals surface area (Å²) in [5.74, 6) is -0.509. The lowest BCUT2D eigenvalue weighted by atomic mass is 10.0. The fourth-order valence-corrected chi connectivity index (χ4v) is 2.64. The highest BCUT2D eigenvalue weighted by Crippen LogP contribution is 2.35. The third kappa shape index (κ3) is 3.70. The van der Waals surface area contributed by atoms with Gasteiger partial charge in [-0.2, -0.15) is 0 Å². The smallest absolute Gasteiger partial charge is 0.129 e. The first-order chi connectivity index (χ1) is 8.65. The van der Waals surface area contributed by atoms with Crippen molar-refractivity contribution in [2.45, 2.75) is 6.04 Å². The summed E-state index contributed by atoms with van der Waals surface area (Å²) in [6.07, 6.45) is 0. The number of hydrogen-bond donors (Lipinski definition) is 1. The Morgan fingerprint density at radius 3 is 2.47 bits per heavy atom. The molecule has 2 rings (SSSR count). The summed E-state index contributed by atoms with van der Waals surface area (Å²) in [7, 11) is 0. The van der Waals surface area contributed by atoms with E-state index >= 15 is 0 Å². The molecule has 1 aromatic rings. The Labute approximate surface area is 127 Å². The van der Waals surface area contributed by atoms with E-state index in [-0.39, 0.29) is 28.0 Å². The zero-order valence-electron chi connectivity index (χ0n) is 10.1. The largest absolute Gasteiger partial charge is 0.314 e. The molecular weight excluding hydrogens is 317 g/mol. The number of alkyl halides is 1. The van der Waals surface area contributed by atoms with Crippen molar-refractivity contribution in [2.24, 2.45) is 0 Å². The lowest BCUT2D eigenvalue weighted by molar-refractivity contribution is 0.144. The van der Waals surface area contributed by atoms with E-state index < -0.39 is 18.5 Å². The van der Waals surface area contributed by atoms with Gasteiger partial charge in [-0.3, -0.25) is 4.90 Å². The minimum absolute atomic E-state index is 0. The first-order valence-electron chi connectivity index (χ1n) is 5.79. The van der Waals surface area contributed by atoms with E-state index in [0.717, 1.165) is 13.1 Å². The van der Waals surface area contributed by atoms with Crippen LogP contribution in [0.25, 0.3) is 0 Å². The Balaban J connectivity index is 0.00000180. The summed E-state index contributed by atoms with van der Waals surface area (Å²) in [5.41, 5.74) is 0.161. The van der Waals surface area contributed by atoms with Crippen LogP contribution in [0, 0.1) is 5.82 Å². The Morgan fingerprint density at radius 1 is 1.26 bits per heavy atom. The molecule has 0 radical (unpaired) electrons. The SMILES string of the molecule is Cl.FC[C@@H](c1c(F)ccc(Cl)c1Cl)N1CCNCC1. The molecule has 1 aliphatic rings. The fraction of sp³-hybridized carbons (Fsp3) is 0.500. The number of nitrogens with one attached hydrogen (secondary N) is 1. The van der Waals surface area contributed by atoms with Gasteiger partial charge < -0.3 is 5.32 Å². The van der Waals surface area contributed by atoms with Gasteiger partial charge in [0.2, 0.25) is 0 Å². The number of benzene rings is 1. The zero-order valence-corrected chi connectivity index (χ0v) is 12.5. The second kappa shape index (κ2) is 7.60. The summed E-state index contributed by atoms with van der Waals surface area (Å²) < 4.78 is 27.2. The average molecular weight is 332 g/mol. The fourth-order valence-electron chi connectivity index (χ4n) is 2.20. The maximum Gasteiger partial charge on any atom is 0.129 e. The Kier molecular flexibility index (Phi) is 6.77. The van der Waals surface area contributed by atoms with E-state index in [1.54, 1.807) is 0 Å². The minimum atomic E-state index is -0.684. The molecule has 0 bridgehead atoms. The topological polar surface area (TPSA) is 15.3 Å². The van der Waals surface area contributed by atoms with Crippen LogP contribution in [0.15, 0.2) is 12.1 Å². The highest BCUT2D eigenvalue weighted by atomic mass is 35.5. The number of piperazine rings is 1. The Bertz CT molecular complexity index is 426. The van der Waals surface area contributed by atoms with Gasteiger partial charge in [0.25, 0.3) is 0 Å². The van der Waals surface area contributed by atoms with E-state index in [1.165, 1.54) is 12.1 Å². The summed E-state index contributed by atoms with van der Waals surface area (Å²) in [4.78, 5) is 1.89. The molecule has 0 amide bonds. The van der Waals surface area contributed by atoms with Crippen molar-refractivity contribution in [1.29, 1.82) is 0 Å². The van der Waals surface area contributed by atoms with Gasteiger partial charge >= 0.3 is 0 Å². The molecule has 1 fully saturated rings. The van der Waals surface area contributed by atoms with E-state index in [9.17, 15) is 8.78 Å². The molecule has 0 saturated carbocycles. The molecule has 0 unspecified atom stereocenters. The molecule has 7 heteroatoms. The molecule has 1 heterocycles. The summed E-state index contributed by atoms with van der Waals surface area (Å²) in [6.45, 7) is 2.16. The molecule has 1 saturated heterocycles. The van der Waals surface area contributed by atoms with Crippen LogP contribution >= 0.6 is 35.6 Å². The van der Waals surface area contributed by atoms with Crippen LogP contribution < -0.4 is 5.32 Å². The van der Waals surface area contributed by atoms with Crippen molar-refractivity contribution in [3.05, 3.63) is 33.6 Å². The molecule has 1 atom stereocenters. The summed E-state index contributed by atoms with van der Waals surface area (Å²) in [6, 6.07) is 1.95. The van der Waals surface area contributed by atoms with Gasteiger partial charge in [-0.15, -0.1) is 12.4 Å². The van der Waals surface area contributed by atoms with E-state index in [1.807, 2.05) is 4.90 Å². The van der Waals surface area contributed by atoms with Gasteiger partial charge in [-0.1, -0.05) is 23.2 Å². The van der Waals surface area contributed by atoms with Crippen molar-refractivity contribution >= 4 is 35.6 Å². The average Bonchev–Trinajstić information content (AvgIpc) is 2.40. The van der Waals surface area contributed by atoms with Crippen LogP contribution in [0.1, 0.15) is 11.6 Å². The highest BCUT2D eigenvalue weighted by molar-refractivity contribution is 6.42. The number of halogens is 5. The Hall–Kier alpha value is -0.130. The quantitative estimate of drug-likeness (QED) is 0.853. The van der Waals surface area contributed by atoms with Crippen LogP contribution in [-0.2, 0) is 0 Å². The Morgan fingerprint density at radius 2 is 1.89 bits per heavy atom. The first kappa shape index (κ1) is 16.9. The normalized spacial score (nSPS) is 17.9. The third-order valence-corrected chi connectivity index (χ3v) is 3.97. The van der Waals surface area contributed by atoms with Gasteiger partial charge in [-0.05, 0) is 12.1 Å². The second-order valence-electron chi connectivity index (χ2n) is 4.21. The molecule has 0 aromatic heterocycles. The molecule has 2 nitrogen and oxygen atoms in total. The van der Waals surface area contributed by atoms with Gasteiger partial charge in [0.05, 0.1) is 16.1 Å². The predicted molar refractivity (Wildman–Crippen MR) is 76.8 cm³/mol. The summed E-state index contributed by atoms with van der Waals surface area (Å²) >= 11 is 11.9. The minimum Gasteiger partial charge on any atom is -0.314 e. The van der Waals surface area contributed by atoms with Gasteiger partial charge in [-0.25, -0.2) is 8.78 Å². The van der Waals surface area contributed by atoms with Crippen molar-refractivity contribution in [3.8, 4) is 0 Å². The predicted octanol–water partition coefficient (Wildman–Crippen LogP) is 3.47. The van der Waals surface area contributed by atoms with Crippen molar-refractivity contribution in [2.75, 3.05) is 32.9 Å². The van der Waals surface area contributed by atoms with Gasteiger partial charge in [0.1, 0.15) is 12.5 Å². The van der Waals surface area contributed by atoms with Crippen LogP contribution in [0.4, 0.5) is 8.78 Å². The molecule has 1 aliphatic heterocycles. The molecular formula is C12H15Cl3F2N2. The van der Waals surface area contributed by atoms with Crippen LogP contribution in [0.3, 0.4) is 0 Å². The van der Waals surface area contributed by atoms with Crippen molar-refractivity contribution < 1.29 is 8.78 Å². The lowest BCUT2D eigenvalue weighted by Crippen LogP contribution is -2.46. The number of nitrogens with zero attached hydrogens (tertiary/aromatic N) is 1. The van der Waals surface area contributed by atoms with Crippen molar-refractivity contribution in [1.82, 2.24) is 10.2 Å². The molecule has 19 heavy (non-hydrogen) atoms. The van der Waals surface area contributed by atoms with E-state index in [4.69, 9.17) is 23.2 Å². The lowest BCUT2D eigenvalue weighted by Gasteiger charge is -2.34. The van der Waals surface area contributed by atoms with Crippen LogP contribution in [-0.4, -0.2) is 37.8 Å². The van der Waals surface area contributed by atoms with Crippen LogP contribution in [0.2, 0.25) is 10.0 Å². The second-order valence-corrected chi connectivity index (χ2v) is 5.00. The number of rotatable bonds is 3. The van der Waals surface area contributed by atoms with E-state index in [2.05, 4.69) is 5.32 Å². The third-order valence-electron chi connectivity index (χ3n) is 3.15. The zero-order chi connectivity index (χ0) is 13.1. The molecule has 1 aromatic carbocycles. The van der Waals surface area contributed by atoms with E-state index in [0.29, 0.717) is 13.1 Å². The highest BCUT2D eigenvalue weighted by Gasteiger charge is 2.27. The summed E-state index contributed by atoms with van der Waals surface area (Å²) in [5, 5.41) is 3.53. The molecule has 108 valence electrons. The molecule has 0 spiro atoms. The maximum absolute atomic E-state index is 13.9. The number of hydrogen-bond acceptors (Lipinski definition) is 2.